The Morgan fingerprint density at radius 1 is 1.45 bits per heavy atom. The van der Waals surface area contributed by atoms with E-state index < -0.39 is 0 Å². The monoisotopic (exact) mass is 398 g/mol. The second-order valence-corrected chi connectivity index (χ2v) is 8.18. The zero-order valence-electron chi connectivity index (χ0n) is 17.3. The molecule has 1 aliphatic carbocycles. The van der Waals surface area contributed by atoms with Gasteiger partial charge in [-0.3, -0.25) is 4.68 Å². The Hall–Kier alpha value is -2.61. The number of rotatable bonds is 5. The van der Waals surface area contributed by atoms with E-state index in [1.54, 1.807) is 0 Å². The average Bonchev–Trinajstić information content (AvgIpc) is 3.43. The molecule has 4 atom stereocenters. The van der Waals surface area contributed by atoms with Gasteiger partial charge in [-0.05, 0) is 44.6 Å². The molecule has 8 heteroatoms. The van der Waals surface area contributed by atoms with Crippen molar-refractivity contribution in [2.45, 2.75) is 64.1 Å². The van der Waals surface area contributed by atoms with Crippen LogP contribution in [-0.4, -0.2) is 39.9 Å². The van der Waals surface area contributed by atoms with E-state index in [-0.39, 0.29) is 18.2 Å². The summed E-state index contributed by atoms with van der Waals surface area (Å²) in [6, 6.07) is 6.51. The predicted molar refractivity (Wildman–Crippen MR) is 113 cm³/mol. The smallest absolute Gasteiger partial charge is 0.407 e. The second-order valence-electron chi connectivity index (χ2n) is 8.18. The van der Waals surface area contributed by atoms with Crippen LogP contribution in [0, 0.1) is 5.92 Å². The quantitative estimate of drug-likeness (QED) is 0.719. The number of aliphatic imine (C=N–C) groups is 1. The Morgan fingerprint density at radius 2 is 2.31 bits per heavy atom. The van der Waals surface area contributed by atoms with Crippen molar-refractivity contribution in [3.63, 3.8) is 0 Å². The van der Waals surface area contributed by atoms with Crippen LogP contribution in [0.25, 0.3) is 10.9 Å². The molecule has 1 aliphatic heterocycles. The number of amides is 1. The van der Waals surface area contributed by atoms with E-state index in [1.807, 2.05) is 50.0 Å². The van der Waals surface area contributed by atoms with Gasteiger partial charge in [-0.15, -0.1) is 0 Å². The number of nitrogens with one attached hydrogen (secondary N) is 3. The van der Waals surface area contributed by atoms with E-state index in [4.69, 9.17) is 9.73 Å². The predicted octanol–water partition coefficient (Wildman–Crippen LogP) is 3.16. The van der Waals surface area contributed by atoms with Gasteiger partial charge >= 0.3 is 6.09 Å². The molecule has 2 heterocycles. The van der Waals surface area contributed by atoms with Crippen molar-refractivity contribution < 1.29 is 9.53 Å². The van der Waals surface area contributed by atoms with Gasteiger partial charge in [0.05, 0.1) is 17.4 Å². The number of para-hydroxylation sites is 1. The third-order valence-electron chi connectivity index (χ3n) is 6.05. The zero-order valence-corrected chi connectivity index (χ0v) is 17.3. The van der Waals surface area contributed by atoms with Crippen LogP contribution in [0.2, 0.25) is 0 Å². The highest BCUT2D eigenvalue weighted by atomic mass is 16.6. The first-order chi connectivity index (χ1) is 14.0. The molecular weight excluding hydrogens is 368 g/mol. The van der Waals surface area contributed by atoms with Crippen LogP contribution in [-0.2, 0) is 11.8 Å². The van der Waals surface area contributed by atoms with Gasteiger partial charge in [0.1, 0.15) is 11.9 Å². The number of alkyl carbamates (subject to hydrolysis) is 1. The molecule has 2 aromatic rings. The Labute approximate surface area is 171 Å². The summed E-state index contributed by atoms with van der Waals surface area (Å²) in [4.78, 5) is 16.8. The first kappa shape index (κ1) is 19.7. The average molecular weight is 399 g/mol. The normalized spacial score (nSPS) is 26.6. The van der Waals surface area contributed by atoms with Crippen LogP contribution >= 0.6 is 0 Å². The molecule has 3 N–H and O–H groups in total. The number of fused-ring (bicyclic) bond motifs is 1. The highest BCUT2D eigenvalue weighted by Crippen LogP contribution is 2.33. The van der Waals surface area contributed by atoms with Crippen LogP contribution < -0.4 is 16.2 Å². The van der Waals surface area contributed by atoms with Gasteiger partial charge in [0.15, 0.2) is 0 Å². The molecule has 0 radical (unpaired) electrons. The van der Waals surface area contributed by atoms with Crippen LogP contribution in [0.4, 0.5) is 10.5 Å². The van der Waals surface area contributed by atoms with Gasteiger partial charge in [-0.1, -0.05) is 19.1 Å². The summed E-state index contributed by atoms with van der Waals surface area (Å²) < 4.78 is 7.47. The summed E-state index contributed by atoms with van der Waals surface area (Å²) in [5.74, 6) is 1.40. The standard InChI is InChI=1S/C21H30N6O2/c1-4-13(2)23-21(28)29-16-9-8-14(10-16)18-11-19(26-25-18)24-17-7-5-6-15-12-22-27(3)20(15)17/h5-7,12-14,16,18,25H,4,8-11H2,1-3H3,(H,23,28)(H,24,26)/t13?,14-,16+,18?/m0/s1. The van der Waals surface area contributed by atoms with Crippen molar-refractivity contribution in [2.24, 2.45) is 18.0 Å². The molecule has 2 fully saturated rings. The van der Waals surface area contributed by atoms with Crippen molar-refractivity contribution in [1.29, 1.82) is 0 Å². The summed E-state index contributed by atoms with van der Waals surface area (Å²) in [7, 11) is 1.94. The first-order valence-electron chi connectivity index (χ1n) is 10.5. The first-order valence-corrected chi connectivity index (χ1v) is 10.5. The fourth-order valence-electron chi connectivity index (χ4n) is 4.23. The highest BCUT2D eigenvalue weighted by molar-refractivity contribution is 5.94. The molecular formula is C21H30N6O2. The molecule has 1 saturated carbocycles. The second kappa shape index (κ2) is 8.41. The number of nitrogens with zero attached hydrogens (tertiary/aromatic N) is 3. The SMILES string of the molecule is CCC(C)NC(=O)O[C@@H]1CC[C@H](C2CC(=Nc3cccc4cnn(C)c34)NN2)C1. The fraction of sp³-hybridized carbons (Fsp3) is 0.571. The van der Waals surface area contributed by atoms with Crippen LogP contribution in [0.1, 0.15) is 46.0 Å². The maximum absolute atomic E-state index is 12.0. The third kappa shape index (κ3) is 4.37. The van der Waals surface area contributed by atoms with Crippen LogP contribution in [0.15, 0.2) is 29.4 Å². The van der Waals surface area contributed by atoms with E-state index in [9.17, 15) is 4.79 Å². The minimum absolute atomic E-state index is 0.00460. The van der Waals surface area contributed by atoms with Gasteiger partial charge in [0.25, 0.3) is 0 Å². The molecule has 2 aliphatic rings. The number of amidine groups is 1. The lowest BCUT2D eigenvalue weighted by atomic mass is 9.96. The lowest BCUT2D eigenvalue weighted by Crippen LogP contribution is -2.36. The van der Waals surface area contributed by atoms with Gasteiger partial charge in [0.2, 0.25) is 0 Å². The third-order valence-corrected chi connectivity index (χ3v) is 6.05. The molecule has 1 amide bonds. The molecule has 4 rings (SSSR count). The van der Waals surface area contributed by atoms with E-state index in [2.05, 4.69) is 21.3 Å². The number of aromatic nitrogens is 2. The molecule has 2 unspecified atom stereocenters. The molecule has 1 saturated heterocycles. The zero-order chi connectivity index (χ0) is 20.4. The number of carbonyl (C=O) groups excluding carboxylic acids is 1. The van der Waals surface area contributed by atoms with Gasteiger partial charge in [-0.25, -0.2) is 15.2 Å². The van der Waals surface area contributed by atoms with E-state index in [0.29, 0.717) is 12.0 Å². The summed E-state index contributed by atoms with van der Waals surface area (Å²) in [5, 5.41) is 8.29. The topological polar surface area (TPSA) is 92.6 Å². The largest absolute Gasteiger partial charge is 0.446 e. The minimum atomic E-state index is -0.297. The maximum atomic E-state index is 12.0. The summed E-state index contributed by atoms with van der Waals surface area (Å²) in [6.07, 6.45) is 6.14. The van der Waals surface area contributed by atoms with Gasteiger partial charge < -0.3 is 15.5 Å². The van der Waals surface area contributed by atoms with Crippen LogP contribution in [0.3, 0.4) is 0 Å². The number of benzene rings is 1. The number of hydrogen-bond donors (Lipinski definition) is 3. The molecule has 156 valence electrons. The maximum Gasteiger partial charge on any atom is 0.407 e. The summed E-state index contributed by atoms with van der Waals surface area (Å²) >= 11 is 0. The van der Waals surface area contributed by atoms with E-state index in [1.165, 1.54) is 0 Å². The number of aryl methyl sites for hydroxylation is 1. The summed E-state index contributed by atoms with van der Waals surface area (Å²) in [5.41, 5.74) is 8.58. The Bertz CT molecular complexity index is 908. The minimum Gasteiger partial charge on any atom is -0.446 e. The fourth-order valence-corrected chi connectivity index (χ4v) is 4.23. The van der Waals surface area contributed by atoms with Crippen molar-refractivity contribution in [3.05, 3.63) is 24.4 Å². The Balaban J connectivity index is 1.35. The lowest BCUT2D eigenvalue weighted by molar-refractivity contribution is 0.0949. The lowest BCUT2D eigenvalue weighted by Gasteiger charge is -2.18. The molecule has 0 bridgehead atoms. The Morgan fingerprint density at radius 3 is 3.14 bits per heavy atom. The molecule has 8 nitrogen and oxygen atoms in total. The van der Waals surface area contributed by atoms with Gasteiger partial charge in [0, 0.05) is 30.9 Å². The molecule has 1 aromatic carbocycles. The van der Waals surface area contributed by atoms with Crippen molar-refractivity contribution in [3.8, 4) is 0 Å². The number of carbonyl (C=O) groups is 1. The molecule has 29 heavy (non-hydrogen) atoms. The van der Waals surface area contributed by atoms with E-state index in [0.717, 1.165) is 54.5 Å². The van der Waals surface area contributed by atoms with Crippen LogP contribution in [0.5, 0.6) is 0 Å². The van der Waals surface area contributed by atoms with Crippen molar-refractivity contribution in [1.82, 2.24) is 25.9 Å². The summed E-state index contributed by atoms with van der Waals surface area (Å²) in [6.45, 7) is 4.03. The molecule has 0 spiro atoms. The number of hydrazine groups is 1. The van der Waals surface area contributed by atoms with E-state index >= 15 is 0 Å². The number of hydrogen-bond acceptors (Lipinski definition) is 5. The molecule has 1 aromatic heterocycles. The van der Waals surface area contributed by atoms with Crippen molar-refractivity contribution >= 4 is 28.5 Å². The Kier molecular flexibility index (Phi) is 5.71. The van der Waals surface area contributed by atoms with Gasteiger partial charge in [-0.2, -0.15) is 5.10 Å². The van der Waals surface area contributed by atoms with Crippen molar-refractivity contribution in [2.75, 3.05) is 0 Å². The highest BCUT2D eigenvalue weighted by Gasteiger charge is 2.36. The number of ether oxygens (including phenoxy) is 1.